The minimum atomic E-state index is 0.438. The van der Waals surface area contributed by atoms with Crippen molar-refractivity contribution in [3.8, 4) is 0 Å². The average Bonchev–Trinajstić information content (AvgIpc) is 2.88. The highest BCUT2D eigenvalue weighted by atomic mass is 35.5. The van der Waals surface area contributed by atoms with E-state index in [1.54, 1.807) is 10.7 Å². The topological polar surface area (TPSA) is 59.2 Å². The Balaban J connectivity index is 2.04. The summed E-state index contributed by atoms with van der Waals surface area (Å²) < 4.78 is 1.68. The average molecular weight is 289 g/mol. The van der Waals surface area contributed by atoms with Gasteiger partial charge in [-0.15, -0.1) is 0 Å². The van der Waals surface area contributed by atoms with Gasteiger partial charge in [-0.25, -0.2) is 0 Å². The summed E-state index contributed by atoms with van der Waals surface area (Å²) in [6, 6.07) is 5.84. The lowest BCUT2D eigenvalue weighted by Gasteiger charge is -2.21. The van der Waals surface area contributed by atoms with Crippen LogP contribution in [-0.2, 0) is 6.54 Å². The number of aromatic nitrogens is 5. The quantitative estimate of drug-likeness (QED) is 0.691. The van der Waals surface area contributed by atoms with Gasteiger partial charge in [0, 0.05) is 18.8 Å². The molecule has 102 valence electrons. The smallest absolute Gasteiger partial charge is 0.255 e. The molecule has 0 bridgehead atoms. The molecule has 0 spiro atoms. The van der Waals surface area contributed by atoms with E-state index >= 15 is 0 Å². The summed E-state index contributed by atoms with van der Waals surface area (Å²) in [5.74, 6) is 1.35. The summed E-state index contributed by atoms with van der Waals surface area (Å²) >= 11 is 6.16. The predicted octanol–water partition coefficient (Wildman–Crippen LogP) is 2.12. The second-order valence-corrected chi connectivity index (χ2v) is 4.86. The first-order valence-corrected chi connectivity index (χ1v) is 6.51. The molecule has 6 nitrogen and oxygen atoms in total. The van der Waals surface area contributed by atoms with Crippen LogP contribution < -0.4 is 4.90 Å². The summed E-state index contributed by atoms with van der Waals surface area (Å²) in [5.41, 5.74) is 1.83. The number of fused-ring (bicyclic) bond motifs is 1. The molecule has 0 aromatic carbocycles. The third-order valence-electron chi connectivity index (χ3n) is 3.06. The van der Waals surface area contributed by atoms with Crippen LogP contribution in [0.4, 0.5) is 5.82 Å². The molecule has 0 saturated heterocycles. The standard InChI is InChI=1S/C13H13ClN6/c1-9-11(14)18-13-16-8-17-20(13)12(9)19(2)7-10-5-3-4-6-15-10/h3-6,8H,7H2,1-2H3. The van der Waals surface area contributed by atoms with Gasteiger partial charge in [-0.3, -0.25) is 4.98 Å². The van der Waals surface area contributed by atoms with E-state index in [2.05, 4.69) is 20.1 Å². The molecule has 3 aromatic rings. The fourth-order valence-electron chi connectivity index (χ4n) is 2.14. The summed E-state index contributed by atoms with van der Waals surface area (Å²) in [6.45, 7) is 2.57. The molecule has 0 fully saturated rings. The van der Waals surface area contributed by atoms with E-state index in [0.717, 1.165) is 17.1 Å². The Hall–Kier alpha value is -2.21. The van der Waals surface area contributed by atoms with Crippen molar-refractivity contribution in [1.82, 2.24) is 24.6 Å². The first-order valence-electron chi connectivity index (χ1n) is 6.13. The van der Waals surface area contributed by atoms with Crippen molar-refractivity contribution in [3.05, 3.63) is 47.1 Å². The molecule has 0 aliphatic rings. The maximum atomic E-state index is 6.16. The van der Waals surface area contributed by atoms with Gasteiger partial charge in [-0.1, -0.05) is 17.7 Å². The molecule has 0 saturated carbocycles. The lowest BCUT2D eigenvalue weighted by molar-refractivity contribution is 0.808. The minimum absolute atomic E-state index is 0.438. The zero-order chi connectivity index (χ0) is 14.1. The fraction of sp³-hybridized carbons (Fsp3) is 0.231. The van der Waals surface area contributed by atoms with Gasteiger partial charge in [0.1, 0.15) is 17.3 Å². The molecule has 0 radical (unpaired) electrons. The Morgan fingerprint density at radius 2 is 2.15 bits per heavy atom. The molecule has 20 heavy (non-hydrogen) atoms. The van der Waals surface area contributed by atoms with E-state index in [0.29, 0.717) is 17.5 Å². The van der Waals surface area contributed by atoms with E-state index in [1.165, 1.54) is 6.33 Å². The SMILES string of the molecule is Cc1c(Cl)nc2ncnn2c1N(C)Cc1ccccn1. The van der Waals surface area contributed by atoms with Crippen molar-refractivity contribution in [2.45, 2.75) is 13.5 Å². The largest absolute Gasteiger partial charge is 0.353 e. The second-order valence-electron chi connectivity index (χ2n) is 4.50. The van der Waals surface area contributed by atoms with Gasteiger partial charge >= 0.3 is 0 Å². The normalized spacial score (nSPS) is 10.9. The van der Waals surface area contributed by atoms with Crippen LogP contribution in [0.2, 0.25) is 5.15 Å². The molecule has 0 aliphatic carbocycles. The van der Waals surface area contributed by atoms with Crippen molar-refractivity contribution >= 4 is 23.2 Å². The molecule has 0 aliphatic heterocycles. The number of pyridine rings is 1. The zero-order valence-corrected chi connectivity index (χ0v) is 11.9. The van der Waals surface area contributed by atoms with Crippen LogP contribution in [0.3, 0.4) is 0 Å². The van der Waals surface area contributed by atoms with Crippen LogP contribution in [0.25, 0.3) is 5.78 Å². The Bertz CT molecular complexity index is 739. The van der Waals surface area contributed by atoms with Crippen LogP contribution in [0.1, 0.15) is 11.3 Å². The molecule has 3 aromatic heterocycles. The van der Waals surface area contributed by atoms with Crippen molar-refractivity contribution < 1.29 is 0 Å². The van der Waals surface area contributed by atoms with Crippen LogP contribution in [0.5, 0.6) is 0 Å². The maximum absolute atomic E-state index is 6.16. The van der Waals surface area contributed by atoms with E-state index in [1.807, 2.05) is 37.1 Å². The number of hydrogen-bond acceptors (Lipinski definition) is 5. The van der Waals surface area contributed by atoms with Gasteiger partial charge in [0.2, 0.25) is 0 Å². The van der Waals surface area contributed by atoms with Crippen LogP contribution in [0, 0.1) is 6.92 Å². The molecule has 3 heterocycles. The van der Waals surface area contributed by atoms with Crippen molar-refractivity contribution in [3.63, 3.8) is 0 Å². The Labute approximate surface area is 121 Å². The molecule has 3 rings (SSSR count). The highest BCUT2D eigenvalue weighted by Crippen LogP contribution is 2.25. The summed E-state index contributed by atoms with van der Waals surface area (Å²) in [5, 5.41) is 4.64. The van der Waals surface area contributed by atoms with Gasteiger partial charge in [-0.2, -0.15) is 19.6 Å². The van der Waals surface area contributed by atoms with Crippen LogP contribution >= 0.6 is 11.6 Å². The van der Waals surface area contributed by atoms with Gasteiger partial charge in [-0.05, 0) is 19.1 Å². The minimum Gasteiger partial charge on any atom is -0.353 e. The number of hydrogen-bond donors (Lipinski definition) is 0. The number of halogens is 1. The first kappa shape index (κ1) is 12.8. The Morgan fingerprint density at radius 1 is 1.30 bits per heavy atom. The molecule has 0 atom stereocenters. The van der Waals surface area contributed by atoms with Crippen LogP contribution in [-0.4, -0.2) is 31.6 Å². The van der Waals surface area contributed by atoms with Crippen LogP contribution in [0.15, 0.2) is 30.7 Å². The lowest BCUT2D eigenvalue weighted by atomic mass is 10.3. The first-order chi connectivity index (χ1) is 9.66. The number of anilines is 1. The highest BCUT2D eigenvalue weighted by Gasteiger charge is 2.16. The zero-order valence-electron chi connectivity index (χ0n) is 11.2. The molecule has 7 heteroatoms. The molecule has 0 unspecified atom stereocenters. The summed E-state index contributed by atoms with van der Waals surface area (Å²) in [6.07, 6.45) is 3.25. The maximum Gasteiger partial charge on any atom is 0.255 e. The van der Waals surface area contributed by atoms with E-state index in [9.17, 15) is 0 Å². The molecular weight excluding hydrogens is 276 g/mol. The van der Waals surface area contributed by atoms with E-state index < -0.39 is 0 Å². The monoisotopic (exact) mass is 288 g/mol. The van der Waals surface area contributed by atoms with Gasteiger partial charge in [0.15, 0.2) is 0 Å². The number of nitrogens with zero attached hydrogens (tertiary/aromatic N) is 6. The van der Waals surface area contributed by atoms with E-state index in [-0.39, 0.29) is 0 Å². The highest BCUT2D eigenvalue weighted by molar-refractivity contribution is 6.30. The molecule has 0 N–H and O–H groups in total. The van der Waals surface area contributed by atoms with Gasteiger partial charge in [0.25, 0.3) is 5.78 Å². The molecular formula is C13H13ClN6. The summed E-state index contributed by atoms with van der Waals surface area (Å²) in [4.78, 5) is 14.6. The lowest BCUT2D eigenvalue weighted by Crippen LogP contribution is -2.22. The third-order valence-corrected chi connectivity index (χ3v) is 3.43. The van der Waals surface area contributed by atoms with Crippen molar-refractivity contribution in [2.75, 3.05) is 11.9 Å². The fourth-order valence-corrected chi connectivity index (χ4v) is 2.30. The predicted molar refractivity (Wildman–Crippen MR) is 76.9 cm³/mol. The van der Waals surface area contributed by atoms with Gasteiger partial charge in [0.05, 0.1) is 12.2 Å². The van der Waals surface area contributed by atoms with E-state index in [4.69, 9.17) is 11.6 Å². The van der Waals surface area contributed by atoms with Gasteiger partial charge < -0.3 is 4.90 Å². The third kappa shape index (κ3) is 2.18. The van der Waals surface area contributed by atoms with Crippen molar-refractivity contribution in [2.24, 2.45) is 0 Å². The summed E-state index contributed by atoms with van der Waals surface area (Å²) in [7, 11) is 1.97. The second kappa shape index (κ2) is 5.05. The molecule has 0 amide bonds. The Kier molecular flexibility index (Phi) is 3.23. The Morgan fingerprint density at radius 3 is 2.90 bits per heavy atom. The number of rotatable bonds is 3. The van der Waals surface area contributed by atoms with Crippen molar-refractivity contribution in [1.29, 1.82) is 0 Å².